The Balaban J connectivity index is 2.30. The van der Waals surface area contributed by atoms with Gasteiger partial charge in [-0.25, -0.2) is 0 Å². The van der Waals surface area contributed by atoms with Gasteiger partial charge >= 0.3 is 5.97 Å². The first-order valence-electron chi connectivity index (χ1n) is 8.10. The van der Waals surface area contributed by atoms with Crippen LogP contribution in [-0.2, 0) is 9.53 Å². The average Bonchev–Trinajstić information content (AvgIpc) is 2.40. The van der Waals surface area contributed by atoms with Gasteiger partial charge in [0.2, 0.25) is 0 Å². The van der Waals surface area contributed by atoms with Gasteiger partial charge in [-0.15, -0.1) is 0 Å². The van der Waals surface area contributed by atoms with Crippen LogP contribution in [0, 0.1) is 5.92 Å². The first kappa shape index (κ1) is 18.4. The minimum Gasteiger partial charge on any atom is -0.480 e. The molecule has 0 amide bonds. The molecule has 124 valence electrons. The van der Waals surface area contributed by atoms with E-state index in [0.29, 0.717) is 12.3 Å². The van der Waals surface area contributed by atoms with Crippen molar-refractivity contribution in [2.75, 3.05) is 33.4 Å². The van der Waals surface area contributed by atoms with E-state index in [1.165, 1.54) is 12.8 Å². The van der Waals surface area contributed by atoms with Crippen molar-refractivity contribution in [3.63, 3.8) is 0 Å². The van der Waals surface area contributed by atoms with Gasteiger partial charge in [-0.1, -0.05) is 0 Å². The molecule has 0 aromatic carbocycles. The molecule has 1 heterocycles. The third-order valence-electron chi connectivity index (χ3n) is 4.34. The van der Waals surface area contributed by atoms with Gasteiger partial charge in [-0.05, 0) is 72.0 Å². The van der Waals surface area contributed by atoms with Crippen LogP contribution in [0.25, 0.3) is 0 Å². The lowest BCUT2D eigenvalue weighted by Gasteiger charge is -2.33. The second-order valence-electron chi connectivity index (χ2n) is 6.78. The van der Waals surface area contributed by atoms with Crippen molar-refractivity contribution in [1.29, 1.82) is 0 Å². The Kier molecular flexibility index (Phi) is 7.63. The Morgan fingerprint density at radius 2 is 2.05 bits per heavy atom. The first-order chi connectivity index (χ1) is 9.87. The number of carboxylic acid groups (broad SMARTS) is 1. The normalized spacial score (nSPS) is 20.6. The fourth-order valence-corrected chi connectivity index (χ4v) is 3.15. The van der Waals surface area contributed by atoms with Crippen molar-refractivity contribution >= 4 is 5.97 Å². The molecule has 0 radical (unpaired) electrons. The van der Waals surface area contributed by atoms with Crippen LogP contribution in [0.1, 0.15) is 46.5 Å². The number of rotatable bonds is 9. The number of hydrogen-bond donors (Lipinski definition) is 2. The Hall–Kier alpha value is -0.650. The highest BCUT2D eigenvalue weighted by molar-refractivity contribution is 5.78. The minimum absolute atomic E-state index is 0.177. The van der Waals surface area contributed by atoms with Crippen LogP contribution in [-0.4, -0.2) is 60.9 Å². The Bertz CT molecular complexity index is 315. The molecule has 21 heavy (non-hydrogen) atoms. The molecule has 0 saturated carbocycles. The van der Waals surface area contributed by atoms with E-state index in [9.17, 15) is 9.90 Å². The largest absolute Gasteiger partial charge is 0.480 e. The van der Waals surface area contributed by atoms with Crippen LogP contribution in [0.5, 0.6) is 0 Å². The van der Waals surface area contributed by atoms with Crippen LogP contribution < -0.4 is 5.32 Å². The molecule has 1 atom stereocenters. The first-order valence-corrected chi connectivity index (χ1v) is 8.10. The Labute approximate surface area is 129 Å². The molecular formula is C16H32N2O3. The standard InChI is InChI=1S/C16H32N2O3/c1-13(2)17-16(3,15(19)20)8-5-9-18-10-6-14(7-11-18)12-21-4/h13-14,17H,5-12H2,1-4H3,(H,19,20). The summed E-state index contributed by atoms with van der Waals surface area (Å²) >= 11 is 0. The maximum absolute atomic E-state index is 11.5. The second kappa shape index (κ2) is 8.71. The van der Waals surface area contributed by atoms with Gasteiger partial charge in [0.25, 0.3) is 0 Å². The summed E-state index contributed by atoms with van der Waals surface area (Å²) in [5, 5.41) is 12.6. The molecule has 5 nitrogen and oxygen atoms in total. The van der Waals surface area contributed by atoms with Crippen LogP contribution in [0.15, 0.2) is 0 Å². The molecule has 0 bridgehead atoms. The zero-order valence-corrected chi connectivity index (χ0v) is 14.0. The van der Waals surface area contributed by atoms with Crippen molar-refractivity contribution in [3.05, 3.63) is 0 Å². The van der Waals surface area contributed by atoms with Gasteiger partial charge in [0.1, 0.15) is 5.54 Å². The predicted molar refractivity (Wildman–Crippen MR) is 84.6 cm³/mol. The van der Waals surface area contributed by atoms with E-state index in [0.717, 1.165) is 32.7 Å². The van der Waals surface area contributed by atoms with Gasteiger partial charge in [0.05, 0.1) is 0 Å². The molecule has 2 N–H and O–H groups in total. The molecule has 0 spiro atoms. The summed E-state index contributed by atoms with van der Waals surface area (Å²) in [6.07, 6.45) is 3.96. The topological polar surface area (TPSA) is 61.8 Å². The lowest BCUT2D eigenvalue weighted by atomic mass is 9.93. The van der Waals surface area contributed by atoms with E-state index in [4.69, 9.17) is 4.74 Å². The number of methoxy groups -OCH3 is 1. The fraction of sp³-hybridized carbons (Fsp3) is 0.938. The number of aliphatic carboxylic acids is 1. The highest BCUT2D eigenvalue weighted by Gasteiger charge is 2.33. The van der Waals surface area contributed by atoms with Crippen molar-refractivity contribution in [1.82, 2.24) is 10.2 Å². The highest BCUT2D eigenvalue weighted by Crippen LogP contribution is 2.19. The molecule has 1 aliphatic heterocycles. The van der Waals surface area contributed by atoms with Crippen LogP contribution >= 0.6 is 0 Å². The second-order valence-corrected chi connectivity index (χ2v) is 6.78. The summed E-state index contributed by atoms with van der Waals surface area (Å²) < 4.78 is 5.21. The number of piperidine rings is 1. The molecule has 1 rings (SSSR count). The van der Waals surface area contributed by atoms with E-state index in [1.54, 1.807) is 14.0 Å². The van der Waals surface area contributed by atoms with Crippen molar-refractivity contribution in [2.24, 2.45) is 5.92 Å². The van der Waals surface area contributed by atoms with Gasteiger partial charge in [0, 0.05) is 19.8 Å². The van der Waals surface area contributed by atoms with Gasteiger partial charge in [-0.3, -0.25) is 10.1 Å². The third kappa shape index (κ3) is 6.32. The summed E-state index contributed by atoms with van der Waals surface area (Å²) in [6, 6.07) is 0.177. The Morgan fingerprint density at radius 1 is 1.43 bits per heavy atom. The van der Waals surface area contributed by atoms with Crippen molar-refractivity contribution in [2.45, 2.75) is 58.0 Å². The predicted octanol–water partition coefficient (Wildman–Crippen LogP) is 1.97. The van der Waals surface area contributed by atoms with Gasteiger partial charge in [-0.2, -0.15) is 0 Å². The van der Waals surface area contributed by atoms with Gasteiger partial charge < -0.3 is 14.7 Å². The summed E-state index contributed by atoms with van der Waals surface area (Å²) in [7, 11) is 1.76. The van der Waals surface area contributed by atoms with E-state index in [2.05, 4.69) is 10.2 Å². The van der Waals surface area contributed by atoms with E-state index in [-0.39, 0.29) is 6.04 Å². The monoisotopic (exact) mass is 300 g/mol. The summed E-state index contributed by atoms with van der Waals surface area (Å²) in [5.41, 5.74) is -0.817. The minimum atomic E-state index is -0.817. The lowest BCUT2D eigenvalue weighted by molar-refractivity contribution is -0.144. The number of nitrogens with one attached hydrogen (secondary N) is 1. The maximum atomic E-state index is 11.5. The van der Waals surface area contributed by atoms with Crippen LogP contribution in [0.2, 0.25) is 0 Å². The molecule has 1 saturated heterocycles. The number of hydrogen-bond acceptors (Lipinski definition) is 4. The van der Waals surface area contributed by atoms with E-state index in [1.807, 2.05) is 13.8 Å². The zero-order valence-electron chi connectivity index (χ0n) is 14.0. The van der Waals surface area contributed by atoms with Gasteiger partial charge in [0.15, 0.2) is 0 Å². The molecule has 1 fully saturated rings. The Morgan fingerprint density at radius 3 is 2.52 bits per heavy atom. The molecular weight excluding hydrogens is 268 g/mol. The summed E-state index contributed by atoms with van der Waals surface area (Å²) in [6.45, 7) is 9.83. The van der Waals surface area contributed by atoms with Crippen LogP contribution in [0.4, 0.5) is 0 Å². The summed E-state index contributed by atoms with van der Waals surface area (Å²) in [4.78, 5) is 13.9. The average molecular weight is 300 g/mol. The quantitative estimate of drug-likeness (QED) is 0.681. The third-order valence-corrected chi connectivity index (χ3v) is 4.34. The molecule has 5 heteroatoms. The molecule has 1 unspecified atom stereocenters. The van der Waals surface area contributed by atoms with Crippen molar-refractivity contribution < 1.29 is 14.6 Å². The molecule has 0 aromatic rings. The smallest absolute Gasteiger partial charge is 0.323 e. The molecule has 0 aromatic heterocycles. The number of nitrogens with zero attached hydrogens (tertiary/aromatic N) is 1. The van der Waals surface area contributed by atoms with Crippen LogP contribution in [0.3, 0.4) is 0 Å². The summed E-state index contributed by atoms with van der Waals surface area (Å²) in [5.74, 6) is -0.0619. The number of ether oxygens (including phenoxy) is 1. The lowest BCUT2D eigenvalue weighted by Crippen LogP contribution is -2.52. The highest BCUT2D eigenvalue weighted by atomic mass is 16.5. The SMILES string of the molecule is COCC1CCN(CCCC(C)(NC(C)C)C(=O)O)CC1. The van der Waals surface area contributed by atoms with E-state index < -0.39 is 11.5 Å². The number of carbonyl (C=O) groups is 1. The number of likely N-dealkylation sites (tertiary alicyclic amines) is 1. The molecule has 0 aliphatic carbocycles. The van der Waals surface area contributed by atoms with Crippen molar-refractivity contribution in [3.8, 4) is 0 Å². The molecule has 1 aliphatic rings. The number of carboxylic acids is 1. The van der Waals surface area contributed by atoms with E-state index >= 15 is 0 Å². The zero-order chi connectivity index (χ0) is 15.9. The fourth-order valence-electron chi connectivity index (χ4n) is 3.15. The maximum Gasteiger partial charge on any atom is 0.323 e.